The van der Waals surface area contributed by atoms with Crippen LogP contribution in [0.1, 0.15) is 32.3 Å². The Hall–Kier alpha value is -2.88. The molecule has 2 saturated heterocycles. The number of quaternary nitrogens is 1. The van der Waals surface area contributed by atoms with Crippen LogP contribution in [0.2, 0.25) is 0 Å². The van der Waals surface area contributed by atoms with Gasteiger partial charge in [0.15, 0.2) is 6.20 Å². The number of guanidine groups is 1. The molecule has 31 heavy (non-hydrogen) atoms. The molecule has 1 spiro atoms. The monoisotopic (exact) mass is 419 g/mol. The van der Waals surface area contributed by atoms with E-state index in [4.69, 9.17) is 10.1 Å². The van der Waals surface area contributed by atoms with Crippen molar-refractivity contribution in [2.75, 3.05) is 36.8 Å². The standard InChI is InChI=1S/C22H26N8O/c1-21(2)16-4-3-15(11-17(16)26-19(21)31)25-20-27-18-12-23-8-10-30(18,28-20)29-9-6-22(14-29)5-7-24-13-22/h3-4,8,10-12,24H,5-7,9,13-14H2,1-2H3,(H-,25,26,28,31)/p+1. The highest BCUT2D eigenvalue weighted by Gasteiger charge is 2.53. The minimum atomic E-state index is -0.517. The highest BCUT2D eigenvalue weighted by molar-refractivity contribution is 6.30. The number of aliphatic imine (C=N–C) groups is 2. The van der Waals surface area contributed by atoms with Crippen molar-refractivity contribution in [3.8, 4) is 0 Å². The number of rotatable bonds is 2. The molecule has 9 nitrogen and oxygen atoms in total. The van der Waals surface area contributed by atoms with Gasteiger partial charge in [-0.1, -0.05) is 6.07 Å². The fourth-order valence-electron chi connectivity index (χ4n) is 5.34. The predicted molar refractivity (Wildman–Crippen MR) is 121 cm³/mol. The molecule has 2 unspecified atom stereocenters. The summed E-state index contributed by atoms with van der Waals surface area (Å²) in [6, 6.07) is 5.92. The second-order valence-corrected chi connectivity index (χ2v) is 9.65. The molecular formula is C22H27N8O+. The maximum Gasteiger partial charge on any atom is 0.301 e. The third kappa shape index (κ3) is 2.73. The SMILES string of the molecule is CC1(C)C(=O)Nc2cc(NC3=N[N+]4(N5CCC6(CCNC6)C5)C=CN=CC4=N3)ccc21. The van der Waals surface area contributed by atoms with E-state index in [9.17, 15) is 4.79 Å². The van der Waals surface area contributed by atoms with Crippen LogP contribution in [0.4, 0.5) is 11.4 Å². The summed E-state index contributed by atoms with van der Waals surface area (Å²) in [4.78, 5) is 21.3. The number of amidine groups is 1. The van der Waals surface area contributed by atoms with Gasteiger partial charge in [-0.25, -0.2) is 0 Å². The van der Waals surface area contributed by atoms with Gasteiger partial charge < -0.3 is 16.0 Å². The minimum Gasteiger partial charge on any atom is -0.325 e. The summed E-state index contributed by atoms with van der Waals surface area (Å²) in [6.07, 6.45) is 7.97. The molecule has 3 N–H and O–H groups in total. The molecule has 160 valence electrons. The van der Waals surface area contributed by atoms with Crippen LogP contribution in [0.3, 0.4) is 0 Å². The zero-order valence-electron chi connectivity index (χ0n) is 17.9. The van der Waals surface area contributed by atoms with Gasteiger partial charge in [-0.3, -0.25) is 9.79 Å². The first kappa shape index (κ1) is 18.9. The van der Waals surface area contributed by atoms with Gasteiger partial charge in [0.25, 0.3) is 5.96 Å². The molecule has 1 aromatic carbocycles. The number of anilines is 2. The number of benzene rings is 1. The molecule has 5 aliphatic rings. The molecule has 1 aromatic rings. The predicted octanol–water partition coefficient (Wildman–Crippen LogP) is 1.98. The Morgan fingerprint density at radius 3 is 3.00 bits per heavy atom. The minimum absolute atomic E-state index is 0.0189. The second kappa shape index (κ2) is 6.32. The van der Waals surface area contributed by atoms with Gasteiger partial charge in [0.2, 0.25) is 5.91 Å². The normalized spacial score (nSPS) is 32.8. The van der Waals surface area contributed by atoms with Crippen molar-refractivity contribution in [1.82, 2.24) is 10.3 Å². The van der Waals surface area contributed by atoms with Gasteiger partial charge in [-0.15, -0.1) is 10.0 Å². The van der Waals surface area contributed by atoms with E-state index in [1.807, 2.05) is 38.2 Å². The molecule has 1 amide bonds. The molecule has 5 heterocycles. The van der Waals surface area contributed by atoms with Crippen LogP contribution < -0.4 is 16.0 Å². The molecule has 0 bridgehead atoms. The Morgan fingerprint density at radius 2 is 2.16 bits per heavy atom. The highest BCUT2D eigenvalue weighted by Crippen LogP contribution is 2.41. The van der Waals surface area contributed by atoms with Crippen molar-refractivity contribution >= 4 is 35.3 Å². The van der Waals surface area contributed by atoms with Crippen molar-refractivity contribution < 1.29 is 9.50 Å². The van der Waals surface area contributed by atoms with E-state index in [0.29, 0.717) is 11.4 Å². The summed E-state index contributed by atoms with van der Waals surface area (Å²) in [5, 5.41) is 17.2. The topological polar surface area (TPSA) is 93.5 Å². The Bertz CT molecular complexity index is 1090. The zero-order valence-corrected chi connectivity index (χ0v) is 17.9. The summed E-state index contributed by atoms with van der Waals surface area (Å²) in [5.74, 6) is 1.36. The van der Waals surface area contributed by atoms with Gasteiger partial charge in [-0.2, -0.15) is 0 Å². The van der Waals surface area contributed by atoms with E-state index >= 15 is 0 Å². The lowest BCUT2D eigenvalue weighted by Crippen LogP contribution is -2.56. The first-order valence-corrected chi connectivity index (χ1v) is 10.9. The Morgan fingerprint density at radius 1 is 1.26 bits per heavy atom. The lowest BCUT2D eigenvalue weighted by molar-refractivity contribution is -0.915. The lowest BCUT2D eigenvalue weighted by Gasteiger charge is -2.33. The Labute approximate surface area is 181 Å². The van der Waals surface area contributed by atoms with E-state index in [-0.39, 0.29) is 10.6 Å². The summed E-state index contributed by atoms with van der Waals surface area (Å²) in [5.41, 5.74) is 2.50. The smallest absolute Gasteiger partial charge is 0.301 e. The van der Waals surface area contributed by atoms with Gasteiger partial charge in [0, 0.05) is 23.3 Å². The van der Waals surface area contributed by atoms with Crippen LogP contribution in [-0.2, 0) is 10.2 Å². The molecule has 6 rings (SSSR count). The molecule has 9 heteroatoms. The largest absolute Gasteiger partial charge is 0.325 e. The lowest BCUT2D eigenvalue weighted by atomic mass is 9.86. The van der Waals surface area contributed by atoms with Crippen LogP contribution in [0.5, 0.6) is 0 Å². The van der Waals surface area contributed by atoms with Gasteiger partial charge in [0.1, 0.15) is 6.21 Å². The van der Waals surface area contributed by atoms with Crippen LogP contribution in [0.25, 0.3) is 0 Å². The number of fused-ring (bicyclic) bond motifs is 2. The van der Waals surface area contributed by atoms with E-state index < -0.39 is 5.41 Å². The quantitative estimate of drug-likeness (QED) is 0.639. The van der Waals surface area contributed by atoms with E-state index in [0.717, 1.165) is 55.4 Å². The average molecular weight is 420 g/mol. The molecule has 0 radical (unpaired) electrons. The van der Waals surface area contributed by atoms with Gasteiger partial charge in [-0.05, 0) is 60.7 Å². The molecule has 0 saturated carbocycles. The first-order valence-electron chi connectivity index (χ1n) is 10.9. The van der Waals surface area contributed by atoms with Crippen LogP contribution in [0, 0.1) is 5.41 Å². The molecule has 0 aromatic heterocycles. The first-order chi connectivity index (χ1) is 14.9. The number of carbonyl (C=O) groups excluding carboxylic acids is 1. The molecule has 5 aliphatic heterocycles. The highest BCUT2D eigenvalue weighted by atomic mass is 16.2. The molecule has 2 fully saturated rings. The maximum absolute atomic E-state index is 12.3. The molecular weight excluding hydrogens is 392 g/mol. The van der Waals surface area contributed by atoms with Crippen molar-refractivity contribution in [2.45, 2.75) is 32.1 Å². The third-order valence-electron chi connectivity index (χ3n) is 7.30. The summed E-state index contributed by atoms with van der Waals surface area (Å²) in [7, 11) is 0. The Kier molecular flexibility index (Phi) is 3.84. The van der Waals surface area contributed by atoms with Crippen molar-refractivity contribution in [1.29, 1.82) is 0 Å². The number of hydrogen-bond donors (Lipinski definition) is 3. The summed E-state index contributed by atoms with van der Waals surface area (Å²) >= 11 is 0. The third-order valence-corrected chi connectivity index (χ3v) is 7.30. The fourth-order valence-corrected chi connectivity index (χ4v) is 5.34. The van der Waals surface area contributed by atoms with E-state index in [1.165, 1.54) is 6.42 Å². The summed E-state index contributed by atoms with van der Waals surface area (Å²) in [6.45, 7) is 7.99. The summed E-state index contributed by atoms with van der Waals surface area (Å²) < 4.78 is 0.238. The number of nitrogens with zero attached hydrogens (tertiary/aromatic N) is 5. The average Bonchev–Trinajstić information content (AvgIpc) is 3.50. The Balaban J connectivity index is 1.29. The van der Waals surface area contributed by atoms with Crippen LogP contribution in [0.15, 0.2) is 45.7 Å². The van der Waals surface area contributed by atoms with Crippen LogP contribution >= 0.6 is 0 Å². The number of amides is 1. The second-order valence-electron chi connectivity index (χ2n) is 9.65. The van der Waals surface area contributed by atoms with Crippen molar-refractivity contribution in [2.24, 2.45) is 20.5 Å². The number of hydrogen-bond acceptors (Lipinski definition) is 7. The van der Waals surface area contributed by atoms with Crippen molar-refractivity contribution in [3.05, 3.63) is 36.2 Å². The number of carbonyl (C=O) groups is 1. The van der Waals surface area contributed by atoms with Crippen LogP contribution in [-0.4, -0.2) is 59.8 Å². The van der Waals surface area contributed by atoms with Gasteiger partial charge in [0.05, 0.1) is 24.7 Å². The maximum atomic E-state index is 12.3. The fraction of sp³-hybridized carbons (Fsp3) is 0.455. The van der Waals surface area contributed by atoms with Crippen molar-refractivity contribution in [3.63, 3.8) is 0 Å². The van der Waals surface area contributed by atoms with E-state index in [1.54, 1.807) is 12.4 Å². The molecule has 0 aliphatic carbocycles. The zero-order chi connectivity index (χ0) is 21.3. The van der Waals surface area contributed by atoms with Gasteiger partial charge >= 0.3 is 5.84 Å². The molecule has 2 atom stereocenters. The van der Waals surface area contributed by atoms with E-state index in [2.05, 4.69) is 26.0 Å². The number of nitrogens with one attached hydrogen (secondary N) is 3.